The average Bonchev–Trinajstić information content (AvgIpc) is 3.07. The van der Waals surface area contributed by atoms with E-state index in [9.17, 15) is 9.59 Å². The van der Waals surface area contributed by atoms with Gasteiger partial charge in [0.1, 0.15) is 0 Å². The third kappa shape index (κ3) is 6.68. The van der Waals surface area contributed by atoms with Crippen molar-refractivity contribution in [1.29, 1.82) is 0 Å². The molecule has 9 heteroatoms. The summed E-state index contributed by atoms with van der Waals surface area (Å²) in [5, 5.41) is 7.84. The number of aromatic nitrogens is 2. The number of thioether (sulfide) groups is 2. The van der Waals surface area contributed by atoms with Gasteiger partial charge in [-0.15, -0.1) is 10.2 Å². The molecule has 2 aromatic rings. The Morgan fingerprint density at radius 2 is 1.88 bits per heavy atom. The molecule has 134 valence electrons. The summed E-state index contributed by atoms with van der Waals surface area (Å²) in [4.78, 5) is 24.0. The first-order valence-electron chi connectivity index (χ1n) is 7.88. The van der Waals surface area contributed by atoms with Gasteiger partial charge in [0.2, 0.25) is 0 Å². The minimum Gasteiger partial charge on any atom is -0.272 e. The van der Waals surface area contributed by atoms with Gasteiger partial charge in [0, 0.05) is 11.3 Å². The standard InChI is InChI=1S/C16H20N4O2S3/c1-3-4-10-23-15-19-20-16(25-15)24-11(2)13(21)17-18-14(22)12-8-6-5-7-9-12/h5-9,11H,3-4,10H2,1-2H3,(H,17,21)(H,18,22)/t11-/m0/s1. The monoisotopic (exact) mass is 396 g/mol. The number of hydrogen-bond donors (Lipinski definition) is 2. The van der Waals surface area contributed by atoms with Crippen LogP contribution in [0, 0.1) is 0 Å². The number of amides is 2. The van der Waals surface area contributed by atoms with Crippen LogP contribution in [-0.2, 0) is 4.79 Å². The summed E-state index contributed by atoms with van der Waals surface area (Å²) in [5.74, 6) is 0.388. The number of benzene rings is 1. The van der Waals surface area contributed by atoms with Crippen LogP contribution in [0.4, 0.5) is 0 Å². The average molecular weight is 397 g/mol. The zero-order valence-electron chi connectivity index (χ0n) is 14.0. The van der Waals surface area contributed by atoms with E-state index in [0.717, 1.165) is 27.3 Å². The maximum atomic E-state index is 12.1. The van der Waals surface area contributed by atoms with Crippen LogP contribution >= 0.6 is 34.9 Å². The van der Waals surface area contributed by atoms with Gasteiger partial charge in [0.05, 0.1) is 5.25 Å². The molecule has 2 N–H and O–H groups in total. The van der Waals surface area contributed by atoms with Crippen molar-refractivity contribution in [2.75, 3.05) is 5.75 Å². The van der Waals surface area contributed by atoms with Crippen molar-refractivity contribution in [1.82, 2.24) is 21.0 Å². The Balaban J connectivity index is 1.77. The summed E-state index contributed by atoms with van der Waals surface area (Å²) in [5.41, 5.74) is 5.34. The first-order valence-corrected chi connectivity index (χ1v) is 10.6. The predicted octanol–water partition coefficient (Wildman–Crippen LogP) is 3.37. The number of carbonyl (C=O) groups is 2. The van der Waals surface area contributed by atoms with Gasteiger partial charge in [-0.1, -0.05) is 66.4 Å². The van der Waals surface area contributed by atoms with Gasteiger partial charge in [-0.05, 0) is 25.5 Å². The van der Waals surface area contributed by atoms with Crippen LogP contribution in [0.5, 0.6) is 0 Å². The molecule has 6 nitrogen and oxygen atoms in total. The molecular weight excluding hydrogens is 376 g/mol. The zero-order chi connectivity index (χ0) is 18.1. The van der Waals surface area contributed by atoms with Gasteiger partial charge in [0.15, 0.2) is 8.68 Å². The SMILES string of the molecule is CCCCSc1nnc(S[C@@H](C)C(=O)NNC(=O)c2ccccc2)s1. The molecule has 0 saturated carbocycles. The summed E-state index contributed by atoms with van der Waals surface area (Å²) >= 11 is 4.50. The van der Waals surface area contributed by atoms with E-state index in [1.165, 1.54) is 23.1 Å². The molecule has 0 spiro atoms. The van der Waals surface area contributed by atoms with Crippen LogP contribution in [0.2, 0.25) is 0 Å². The minimum atomic E-state index is -0.391. The molecule has 25 heavy (non-hydrogen) atoms. The van der Waals surface area contributed by atoms with Crippen LogP contribution in [0.3, 0.4) is 0 Å². The molecule has 0 aliphatic rings. The van der Waals surface area contributed by atoms with E-state index in [0.29, 0.717) is 5.56 Å². The maximum Gasteiger partial charge on any atom is 0.269 e. The Kier molecular flexibility index (Phi) is 8.23. The summed E-state index contributed by atoms with van der Waals surface area (Å²) < 4.78 is 1.66. The summed E-state index contributed by atoms with van der Waals surface area (Å²) in [6.45, 7) is 3.92. The van der Waals surface area contributed by atoms with Gasteiger partial charge in [-0.3, -0.25) is 20.4 Å². The quantitative estimate of drug-likeness (QED) is 0.404. The number of hydrogen-bond acceptors (Lipinski definition) is 7. The van der Waals surface area contributed by atoms with E-state index in [1.807, 2.05) is 6.07 Å². The third-order valence-corrected chi connectivity index (χ3v) is 6.42. The predicted molar refractivity (Wildman–Crippen MR) is 103 cm³/mol. The number of hydrazine groups is 1. The van der Waals surface area contributed by atoms with Crippen molar-refractivity contribution in [2.24, 2.45) is 0 Å². The lowest BCUT2D eigenvalue weighted by Gasteiger charge is -2.11. The molecular formula is C16H20N4O2S3. The molecule has 0 radical (unpaired) electrons. The van der Waals surface area contributed by atoms with Gasteiger partial charge < -0.3 is 0 Å². The molecule has 0 aliphatic carbocycles. The summed E-state index contributed by atoms with van der Waals surface area (Å²) in [6, 6.07) is 8.71. The van der Waals surface area contributed by atoms with Gasteiger partial charge in [-0.25, -0.2) is 0 Å². The van der Waals surface area contributed by atoms with Crippen molar-refractivity contribution in [3.8, 4) is 0 Å². The number of rotatable bonds is 8. The van der Waals surface area contributed by atoms with E-state index in [-0.39, 0.29) is 11.8 Å². The van der Waals surface area contributed by atoms with Crippen LogP contribution in [0.1, 0.15) is 37.0 Å². The summed E-state index contributed by atoms with van der Waals surface area (Å²) in [6.07, 6.45) is 2.30. The van der Waals surface area contributed by atoms with E-state index in [1.54, 1.807) is 43.0 Å². The topological polar surface area (TPSA) is 84.0 Å². The maximum absolute atomic E-state index is 12.1. The second-order valence-corrected chi connectivity index (χ2v) is 9.01. The normalized spacial score (nSPS) is 11.8. The fraction of sp³-hybridized carbons (Fsp3) is 0.375. The second kappa shape index (κ2) is 10.4. The van der Waals surface area contributed by atoms with Crippen LogP contribution in [-0.4, -0.2) is 33.0 Å². The van der Waals surface area contributed by atoms with Crippen molar-refractivity contribution in [3.05, 3.63) is 35.9 Å². The Labute approximate surface area is 159 Å². The summed E-state index contributed by atoms with van der Waals surface area (Å²) in [7, 11) is 0. The largest absolute Gasteiger partial charge is 0.272 e. The first kappa shape index (κ1) is 19.7. The molecule has 2 amide bonds. The molecule has 0 aliphatic heterocycles. The lowest BCUT2D eigenvalue weighted by Crippen LogP contribution is -2.44. The van der Waals surface area contributed by atoms with E-state index in [2.05, 4.69) is 28.0 Å². The van der Waals surface area contributed by atoms with E-state index in [4.69, 9.17) is 0 Å². The molecule has 2 rings (SSSR count). The number of nitrogens with one attached hydrogen (secondary N) is 2. The van der Waals surface area contributed by atoms with Crippen molar-refractivity contribution >= 4 is 46.7 Å². The molecule has 1 aromatic heterocycles. The minimum absolute atomic E-state index is 0.287. The molecule has 0 bridgehead atoms. The highest BCUT2D eigenvalue weighted by atomic mass is 32.2. The van der Waals surface area contributed by atoms with Crippen molar-refractivity contribution in [3.63, 3.8) is 0 Å². The lowest BCUT2D eigenvalue weighted by molar-refractivity contribution is -0.121. The van der Waals surface area contributed by atoms with Crippen LogP contribution < -0.4 is 10.9 Å². The Morgan fingerprint density at radius 3 is 2.60 bits per heavy atom. The molecule has 1 atom stereocenters. The molecule has 0 fully saturated rings. The third-order valence-electron chi connectivity index (χ3n) is 3.09. The highest BCUT2D eigenvalue weighted by molar-refractivity contribution is 8.03. The number of carbonyl (C=O) groups excluding carboxylic acids is 2. The first-order chi connectivity index (χ1) is 12.1. The van der Waals surface area contributed by atoms with Crippen molar-refractivity contribution < 1.29 is 9.59 Å². The van der Waals surface area contributed by atoms with Crippen LogP contribution in [0.25, 0.3) is 0 Å². The van der Waals surface area contributed by atoms with Gasteiger partial charge in [0.25, 0.3) is 11.8 Å². The molecule has 0 unspecified atom stereocenters. The highest BCUT2D eigenvalue weighted by Crippen LogP contribution is 2.31. The fourth-order valence-corrected chi connectivity index (χ4v) is 5.01. The smallest absolute Gasteiger partial charge is 0.269 e. The highest BCUT2D eigenvalue weighted by Gasteiger charge is 2.18. The molecule has 1 aromatic carbocycles. The van der Waals surface area contributed by atoms with Gasteiger partial charge >= 0.3 is 0 Å². The fourth-order valence-electron chi connectivity index (χ4n) is 1.69. The molecule has 0 saturated heterocycles. The van der Waals surface area contributed by atoms with Crippen molar-refractivity contribution in [2.45, 2.75) is 40.6 Å². The number of unbranched alkanes of at least 4 members (excludes halogenated alkanes) is 1. The Morgan fingerprint density at radius 1 is 1.16 bits per heavy atom. The van der Waals surface area contributed by atoms with Crippen LogP contribution in [0.15, 0.2) is 39.0 Å². The molecule has 1 heterocycles. The Bertz CT molecular complexity index is 694. The van der Waals surface area contributed by atoms with Gasteiger partial charge in [-0.2, -0.15) is 0 Å². The van der Waals surface area contributed by atoms with E-state index >= 15 is 0 Å². The number of nitrogens with zero attached hydrogens (tertiary/aromatic N) is 2. The zero-order valence-corrected chi connectivity index (χ0v) is 16.5. The second-order valence-electron chi connectivity index (χ2n) is 5.11. The Hall–Kier alpha value is -1.58. The van der Waals surface area contributed by atoms with E-state index < -0.39 is 5.25 Å². The lowest BCUT2D eigenvalue weighted by atomic mass is 10.2.